The predicted octanol–water partition coefficient (Wildman–Crippen LogP) is 3.91. The second-order valence-electron chi connectivity index (χ2n) is 1.97. The van der Waals surface area contributed by atoms with Gasteiger partial charge >= 0.3 is 5.97 Å². The Hall–Kier alpha value is -1.03. The van der Waals surface area contributed by atoms with Crippen LogP contribution < -0.4 is 0 Å². The molecule has 4 heteroatoms. The number of carboxylic acid groups (broad SMARTS) is 1. The zero-order valence-corrected chi connectivity index (χ0v) is 11.0. The van der Waals surface area contributed by atoms with Crippen molar-refractivity contribution in [1.82, 2.24) is 0 Å². The Morgan fingerprint density at radius 3 is 2.00 bits per heavy atom. The number of rotatable bonds is 1. The third-order valence-corrected chi connectivity index (χ3v) is 1.83. The molecule has 0 saturated carbocycles. The Bertz CT molecular complexity index is 298. The van der Waals surface area contributed by atoms with Crippen LogP contribution in [-0.2, 0) is 0 Å². The largest absolute Gasteiger partial charge is 0.507 e. The van der Waals surface area contributed by atoms with E-state index in [0.717, 1.165) is 0 Å². The Morgan fingerprint density at radius 1 is 1.20 bits per heavy atom. The molecule has 1 rings (SSSR count). The zero-order chi connectivity index (χ0) is 12.4. The molecule has 0 aromatic heterocycles. The fourth-order valence-corrected chi connectivity index (χ4v) is 1.02. The van der Waals surface area contributed by atoms with Crippen LogP contribution in [0.4, 0.5) is 0 Å². The van der Waals surface area contributed by atoms with Crippen molar-refractivity contribution in [3.05, 3.63) is 28.2 Å². The summed E-state index contributed by atoms with van der Waals surface area (Å²) in [4.78, 5) is 10.4. The lowest BCUT2D eigenvalue weighted by Crippen LogP contribution is -1.94. The summed E-state index contributed by atoms with van der Waals surface area (Å²) in [5.74, 6) is -0.972. The van der Waals surface area contributed by atoms with E-state index >= 15 is 0 Å². The van der Waals surface area contributed by atoms with Crippen LogP contribution in [0.1, 0.15) is 38.1 Å². The average molecular weight is 277 g/mol. The number of carboxylic acids is 1. The summed E-state index contributed by atoms with van der Waals surface area (Å²) < 4.78 is 0.386. The fraction of sp³-hybridized carbons (Fsp3) is 0.364. The topological polar surface area (TPSA) is 57.5 Å². The standard InChI is InChI=1S/C7H5BrO3.2C2H6/c8-5-3-4(7(10)11)1-2-6(5)9;2*1-2/h1-3,9H,(H,10,11);2*1-2H3. The van der Waals surface area contributed by atoms with Crippen molar-refractivity contribution < 1.29 is 15.0 Å². The van der Waals surface area contributed by atoms with Crippen LogP contribution in [-0.4, -0.2) is 16.2 Å². The highest BCUT2D eigenvalue weighted by molar-refractivity contribution is 9.10. The minimum atomic E-state index is -1.01. The molecule has 0 heterocycles. The Kier molecular flexibility index (Phi) is 10.4. The molecule has 86 valence electrons. The highest BCUT2D eigenvalue weighted by Crippen LogP contribution is 2.23. The normalized spacial score (nSPS) is 7.80. The molecule has 0 atom stereocenters. The van der Waals surface area contributed by atoms with Crippen molar-refractivity contribution >= 4 is 21.9 Å². The summed E-state index contributed by atoms with van der Waals surface area (Å²) in [6, 6.07) is 4.01. The lowest BCUT2D eigenvalue weighted by atomic mass is 10.2. The minimum absolute atomic E-state index is 0.0370. The minimum Gasteiger partial charge on any atom is -0.507 e. The second kappa shape index (κ2) is 9.52. The molecule has 0 bridgehead atoms. The van der Waals surface area contributed by atoms with Crippen molar-refractivity contribution in [2.75, 3.05) is 0 Å². The van der Waals surface area contributed by atoms with Gasteiger partial charge in [0.05, 0.1) is 10.0 Å². The third-order valence-electron chi connectivity index (χ3n) is 1.19. The summed E-state index contributed by atoms with van der Waals surface area (Å²) in [7, 11) is 0. The number of carbonyl (C=O) groups is 1. The maximum absolute atomic E-state index is 10.4. The second-order valence-corrected chi connectivity index (χ2v) is 2.83. The van der Waals surface area contributed by atoms with Gasteiger partial charge in [0.2, 0.25) is 0 Å². The van der Waals surface area contributed by atoms with Gasteiger partial charge in [-0.05, 0) is 34.1 Å². The van der Waals surface area contributed by atoms with E-state index in [4.69, 9.17) is 10.2 Å². The van der Waals surface area contributed by atoms with E-state index in [-0.39, 0.29) is 11.3 Å². The Morgan fingerprint density at radius 2 is 1.67 bits per heavy atom. The molecule has 1 aromatic carbocycles. The number of aromatic carboxylic acids is 1. The van der Waals surface area contributed by atoms with Crippen LogP contribution >= 0.6 is 15.9 Å². The summed E-state index contributed by atoms with van der Waals surface area (Å²) in [6.07, 6.45) is 0. The van der Waals surface area contributed by atoms with E-state index in [0.29, 0.717) is 4.47 Å². The summed E-state index contributed by atoms with van der Waals surface area (Å²) in [5.41, 5.74) is 0.148. The van der Waals surface area contributed by atoms with E-state index in [9.17, 15) is 4.79 Å². The number of phenols is 1. The SMILES string of the molecule is CC.CC.O=C(O)c1ccc(O)c(Br)c1. The number of aromatic hydroxyl groups is 1. The number of hydrogen-bond acceptors (Lipinski definition) is 2. The molecular weight excluding hydrogens is 260 g/mol. The maximum atomic E-state index is 10.4. The van der Waals surface area contributed by atoms with Gasteiger partial charge in [0.15, 0.2) is 0 Å². The van der Waals surface area contributed by atoms with Crippen molar-refractivity contribution in [2.24, 2.45) is 0 Å². The van der Waals surface area contributed by atoms with Gasteiger partial charge in [-0.1, -0.05) is 27.7 Å². The molecule has 15 heavy (non-hydrogen) atoms. The monoisotopic (exact) mass is 276 g/mol. The lowest BCUT2D eigenvalue weighted by molar-refractivity contribution is 0.0697. The van der Waals surface area contributed by atoms with E-state index < -0.39 is 5.97 Å². The first-order chi connectivity index (χ1) is 7.11. The third kappa shape index (κ3) is 6.12. The highest BCUT2D eigenvalue weighted by Gasteiger charge is 2.04. The number of benzene rings is 1. The van der Waals surface area contributed by atoms with Gasteiger partial charge in [0, 0.05) is 0 Å². The summed E-state index contributed by atoms with van der Waals surface area (Å²) in [6.45, 7) is 8.00. The van der Waals surface area contributed by atoms with Crippen LogP contribution in [0.5, 0.6) is 5.75 Å². The van der Waals surface area contributed by atoms with Gasteiger partial charge < -0.3 is 10.2 Å². The van der Waals surface area contributed by atoms with E-state index in [1.165, 1.54) is 18.2 Å². The van der Waals surface area contributed by atoms with Gasteiger partial charge in [-0.15, -0.1) is 0 Å². The molecule has 0 amide bonds. The van der Waals surface area contributed by atoms with Gasteiger partial charge in [-0.25, -0.2) is 4.79 Å². The van der Waals surface area contributed by atoms with Crippen molar-refractivity contribution in [3.8, 4) is 5.75 Å². The number of halogens is 1. The molecule has 0 radical (unpaired) electrons. The molecule has 0 fully saturated rings. The fourth-order valence-electron chi connectivity index (χ4n) is 0.640. The van der Waals surface area contributed by atoms with Gasteiger partial charge in [-0.3, -0.25) is 0 Å². The van der Waals surface area contributed by atoms with Crippen LogP contribution in [0.2, 0.25) is 0 Å². The van der Waals surface area contributed by atoms with Crippen LogP contribution in [0.3, 0.4) is 0 Å². The number of phenolic OH excluding ortho intramolecular Hbond substituents is 1. The van der Waals surface area contributed by atoms with Crippen molar-refractivity contribution in [1.29, 1.82) is 0 Å². The van der Waals surface area contributed by atoms with E-state index in [2.05, 4.69) is 15.9 Å². The van der Waals surface area contributed by atoms with E-state index in [1.54, 1.807) is 0 Å². The smallest absolute Gasteiger partial charge is 0.335 e. The molecular formula is C11H17BrO3. The molecule has 0 aliphatic carbocycles. The van der Waals surface area contributed by atoms with Gasteiger partial charge in [0.25, 0.3) is 0 Å². The van der Waals surface area contributed by atoms with Gasteiger partial charge in [0.1, 0.15) is 5.75 Å². The molecule has 3 nitrogen and oxygen atoms in total. The first kappa shape index (κ1) is 16.4. The molecule has 0 unspecified atom stereocenters. The molecule has 0 aliphatic rings. The maximum Gasteiger partial charge on any atom is 0.335 e. The van der Waals surface area contributed by atoms with Crippen molar-refractivity contribution in [2.45, 2.75) is 27.7 Å². The molecule has 0 saturated heterocycles. The summed E-state index contributed by atoms with van der Waals surface area (Å²) in [5, 5.41) is 17.5. The van der Waals surface area contributed by atoms with E-state index in [1.807, 2.05) is 27.7 Å². The van der Waals surface area contributed by atoms with Gasteiger partial charge in [-0.2, -0.15) is 0 Å². The molecule has 2 N–H and O–H groups in total. The first-order valence-electron chi connectivity index (χ1n) is 4.83. The molecule has 1 aromatic rings. The van der Waals surface area contributed by atoms with Crippen molar-refractivity contribution in [3.63, 3.8) is 0 Å². The average Bonchev–Trinajstić information content (AvgIpc) is 2.27. The Balaban J connectivity index is 0. The van der Waals surface area contributed by atoms with Crippen LogP contribution in [0.15, 0.2) is 22.7 Å². The Labute approximate surface area is 98.9 Å². The predicted molar refractivity (Wildman–Crippen MR) is 65.5 cm³/mol. The first-order valence-corrected chi connectivity index (χ1v) is 5.62. The van der Waals surface area contributed by atoms with Crippen LogP contribution in [0.25, 0.3) is 0 Å². The number of hydrogen-bond donors (Lipinski definition) is 2. The molecule has 0 aliphatic heterocycles. The van der Waals surface area contributed by atoms with Crippen LogP contribution in [0, 0.1) is 0 Å². The summed E-state index contributed by atoms with van der Waals surface area (Å²) >= 11 is 3.00. The molecule has 0 spiro atoms. The lowest BCUT2D eigenvalue weighted by Gasteiger charge is -1.97. The highest BCUT2D eigenvalue weighted by atomic mass is 79.9. The quantitative estimate of drug-likeness (QED) is 0.818. The zero-order valence-electron chi connectivity index (χ0n) is 9.41.